The zero-order valence-electron chi connectivity index (χ0n) is 11.2. The first-order valence-electron chi connectivity index (χ1n) is 5.60. The molecule has 0 aliphatic carbocycles. The minimum atomic E-state index is -4.97. The Bertz CT molecular complexity index is 582. The topological polar surface area (TPSA) is 98.8 Å². The Balaban J connectivity index is 3.75. The van der Waals surface area contributed by atoms with Crippen LogP contribution in [0, 0.1) is 20.2 Å². The highest BCUT2D eigenvalue weighted by atomic mass is 19.4. The first-order chi connectivity index (χ1) is 10.1. The van der Waals surface area contributed by atoms with Gasteiger partial charge in [0.1, 0.15) is 0 Å². The Morgan fingerprint density at radius 1 is 1.27 bits per heavy atom. The predicted octanol–water partition coefficient (Wildman–Crippen LogP) is 3.08. The van der Waals surface area contributed by atoms with Crippen LogP contribution in [-0.2, 0) is 11.0 Å². The zero-order chi connectivity index (χ0) is 17.1. The lowest BCUT2D eigenvalue weighted by atomic mass is 10.1. The Morgan fingerprint density at radius 2 is 1.73 bits per heavy atom. The van der Waals surface area contributed by atoms with Crippen molar-refractivity contribution >= 4 is 17.1 Å². The molecule has 0 aliphatic rings. The van der Waals surface area contributed by atoms with E-state index >= 15 is 0 Å². The third kappa shape index (κ3) is 3.49. The number of alkyl halides is 3. The van der Waals surface area contributed by atoms with E-state index in [4.69, 9.17) is 4.84 Å². The van der Waals surface area contributed by atoms with Gasteiger partial charge in [0.05, 0.1) is 29.1 Å². The number of anilines is 1. The van der Waals surface area contributed by atoms with E-state index in [0.717, 1.165) is 7.11 Å². The van der Waals surface area contributed by atoms with Gasteiger partial charge in [0, 0.05) is 12.1 Å². The van der Waals surface area contributed by atoms with Gasteiger partial charge in [-0.25, -0.2) is 5.06 Å². The van der Waals surface area contributed by atoms with E-state index < -0.39 is 38.6 Å². The van der Waals surface area contributed by atoms with Crippen molar-refractivity contribution in [2.24, 2.45) is 0 Å². The smallest absolute Gasteiger partial charge is 0.276 e. The summed E-state index contributed by atoms with van der Waals surface area (Å²) in [5, 5.41) is 22.7. The number of nitrogens with zero attached hydrogens (tertiary/aromatic N) is 3. The second-order valence-corrected chi connectivity index (χ2v) is 3.91. The molecule has 22 heavy (non-hydrogen) atoms. The average molecular weight is 321 g/mol. The van der Waals surface area contributed by atoms with Crippen LogP contribution >= 0.6 is 0 Å². The summed E-state index contributed by atoms with van der Waals surface area (Å²) < 4.78 is 38.2. The van der Waals surface area contributed by atoms with Crippen molar-refractivity contribution in [2.45, 2.75) is 6.18 Å². The van der Waals surface area contributed by atoms with E-state index in [0.29, 0.717) is 5.06 Å². The van der Waals surface area contributed by atoms with E-state index in [1.54, 1.807) is 0 Å². The summed E-state index contributed by atoms with van der Waals surface area (Å²) >= 11 is 0. The minimum Gasteiger partial charge on any atom is -0.276 e. The molecule has 0 atom stereocenters. The van der Waals surface area contributed by atoms with Crippen molar-refractivity contribution in [3.63, 3.8) is 0 Å². The number of rotatable bonds is 6. The second-order valence-electron chi connectivity index (χ2n) is 3.91. The van der Waals surface area contributed by atoms with Crippen LogP contribution < -0.4 is 5.06 Å². The molecule has 1 aromatic rings. The average Bonchev–Trinajstić information content (AvgIpc) is 2.42. The van der Waals surface area contributed by atoms with Crippen LogP contribution in [0.2, 0.25) is 0 Å². The fourth-order valence-electron chi connectivity index (χ4n) is 1.68. The van der Waals surface area contributed by atoms with Crippen LogP contribution in [0.3, 0.4) is 0 Å². The predicted molar refractivity (Wildman–Crippen MR) is 69.3 cm³/mol. The quantitative estimate of drug-likeness (QED) is 0.453. The first kappa shape index (κ1) is 17.4. The van der Waals surface area contributed by atoms with Crippen LogP contribution in [0.4, 0.5) is 30.2 Å². The number of hydrogen-bond donors (Lipinski definition) is 0. The van der Waals surface area contributed by atoms with Gasteiger partial charge < -0.3 is 0 Å². The molecule has 0 aliphatic heterocycles. The molecular weight excluding hydrogens is 311 g/mol. The summed E-state index contributed by atoms with van der Waals surface area (Å²) in [5.74, 6) is 0. The molecule has 0 N–H and O–H groups in total. The SMILES string of the molecule is C=CCN(OC)c1c([N+](=O)[O-])cc(C(F)(F)F)cc1[N+](=O)[O-]. The maximum absolute atomic E-state index is 12.7. The second kappa shape index (κ2) is 6.39. The maximum Gasteiger partial charge on any atom is 0.416 e. The van der Waals surface area contributed by atoms with Crippen LogP contribution in [0.15, 0.2) is 24.8 Å². The Labute approximate surface area is 121 Å². The van der Waals surface area contributed by atoms with Gasteiger partial charge in [-0.15, -0.1) is 6.58 Å². The van der Waals surface area contributed by atoms with Crippen molar-refractivity contribution in [3.05, 3.63) is 50.6 Å². The van der Waals surface area contributed by atoms with Crippen molar-refractivity contribution < 1.29 is 27.9 Å². The standard InChI is InChI=1S/C11H10F3N3O5/c1-3-4-15(22-2)10-8(16(18)19)5-7(11(12,13)14)6-9(10)17(20)21/h3,5-6H,1,4H2,2H3. The van der Waals surface area contributed by atoms with Gasteiger partial charge in [0.15, 0.2) is 0 Å². The molecule has 1 aromatic carbocycles. The number of nitro benzene ring substituents is 2. The van der Waals surface area contributed by atoms with Gasteiger partial charge >= 0.3 is 17.6 Å². The van der Waals surface area contributed by atoms with Gasteiger partial charge in [-0.3, -0.25) is 25.1 Å². The van der Waals surface area contributed by atoms with E-state index in [1.165, 1.54) is 6.08 Å². The molecule has 0 unspecified atom stereocenters. The largest absolute Gasteiger partial charge is 0.416 e. The van der Waals surface area contributed by atoms with Crippen LogP contribution in [0.1, 0.15) is 5.56 Å². The number of benzene rings is 1. The summed E-state index contributed by atoms with van der Waals surface area (Å²) in [7, 11) is 1.06. The molecule has 8 nitrogen and oxygen atoms in total. The zero-order valence-corrected chi connectivity index (χ0v) is 11.2. The summed E-state index contributed by atoms with van der Waals surface area (Å²) in [6, 6.07) is 0.439. The molecule has 0 spiro atoms. The van der Waals surface area contributed by atoms with Crippen molar-refractivity contribution in [2.75, 3.05) is 18.7 Å². The monoisotopic (exact) mass is 321 g/mol. The van der Waals surface area contributed by atoms with Crippen LogP contribution in [-0.4, -0.2) is 23.5 Å². The molecule has 0 amide bonds. The highest BCUT2D eigenvalue weighted by Gasteiger charge is 2.39. The minimum absolute atomic E-state index is 0.205. The van der Waals surface area contributed by atoms with Crippen LogP contribution in [0.5, 0.6) is 0 Å². The molecule has 1 rings (SSSR count). The van der Waals surface area contributed by atoms with Gasteiger partial charge in [0.25, 0.3) is 0 Å². The lowest BCUT2D eigenvalue weighted by Crippen LogP contribution is -2.24. The van der Waals surface area contributed by atoms with Gasteiger partial charge in [-0.05, 0) is 0 Å². The Morgan fingerprint density at radius 3 is 2.00 bits per heavy atom. The first-order valence-corrected chi connectivity index (χ1v) is 5.60. The van der Waals surface area contributed by atoms with Crippen molar-refractivity contribution in [1.29, 1.82) is 0 Å². The lowest BCUT2D eigenvalue weighted by Gasteiger charge is -2.20. The number of hydroxylamine groups is 1. The molecule has 0 heterocycles. The molecule has 0 radical (unpaired) electrons. The van der Waals surface area contributed by atoms with Crippen LogP contribution in [0.25, 0.3) is 0 Å². The molecule has 120 valence electrons. The highest BCUT2D eigenvalue weighted by molar-refractivity contribution is 5.75. The summed E-state index contributed by atoms with van der Waals surface area (Å²) in [4.78, 5) is 24.5. The summed E-state index contributed by atoms with van der Waals surface area (Å²) in [6.45, 7) is 3.13. The molecule has 0 bridgehead atoms. The molecule has 0 saturated heterocycles. The van der Waals surface area contributed by atoms with Gasteiger partial charge in [-0.1, -0.05) is 6.08 Å². The lowest BCUT2D eigenvalue weighted by molar-refractivity contribution is -0.393. The fourth-order valence-corrected chi connectivity index (χ4v) is 1.68. The third-order valence-corrected chi connectivity index (χ3v) is 2.56. The number of hydrogen-bond acceptors (Lipinski definition) is 6. The maximum atomic E-state index is 12.7. The van der Waals surface area contributed by atoms with E-state index in [-0.39, 0.29) is 18.7 Å². The van der Waals surface area contributed by atoms with Gasteiger partial charge in [0.2, 0.25) is 5.69 Å². The molecule has 0 fully saturated rings. The van der Waals surface area contributed by atoms with E-state index in [1.807, 2.05) is 0 Å². The Kier molecular flexibility index (Phi) is 5.04. The normalized spacial score (nSPS) is 11.1. The molecule has 11 heteroatoms. The summed E-state index contributed by atoms with van der Waals surface area (Å²) in [5.41, 5.74) is -4.37. The number of nitro groups is 2. The van der Waals surface area contributed by atoms with Crippen molar-refractivity contribution in [3.8, 4) is 0 Å². The Hall–Kier alpha value is -2.69. The van der Waals surface area contributed by atoms with Crippen molar-refractivity contribution in [1.82, 2.24) is 0 Å². The molecule has 0 saturated carbocycles. The van der Waals surface area contributed by atoms with Gasteiger partial charge in [-0.2, -0.15) is 13.2 Å². The fraction of sp³-hybridized carbons (Fsp3) is 0.273. The van der Waals surface area contributed by atoms with E-state index in [2.05, 4.69) is 6.58 Å². The molecular formula is C11H10F3N3O5. The van der Waals surface area contributed by atoms with E-state index in [9.17, 15) is 33.4 Å². The third-order valence-electron chi connectivity index (χ3n) is 2.56. The number of halogens is 3. The molecule has 0 aromatic heterocycles. The highest BCUT2D eigenvalue weighted by Crippen LogP contribution is 2.43. The summed E-state index contributed by atoms with van der Waals surface area (Å²) in [6.07, 6.45) is -3.75.